The molecule has 3 nitrogen and oxygen atoms in total. The molecule has 0 aliphatic carbocycles. The summed E-state index contributed by atoms with van der Waals surface area (Å²) in [6, 6.07) is 0. The van der Waals surface area contributed by atoms with Crippen molar-refractivity contribution in [3.8, 4) is 0 Å². The highest BCUT2D eigenvalue weighted by Gasteiger charge is 2.22. The highest BCUT2D eigenvalue weighted by Crippen LogP contribution is 2.31. The van der Waals surface area contributed by atoms with Gasteiger partial charge in [-0.15, -0.1) is 0 Å². The third kappa shape index (κ3) is 10.9. The Hall–Kier alpha value is -0.940. The van der Waals surface area contributed by atoms with Crippen molar-refractivity contribution in [2.24, 2.45) is 11.8 Å². The molecule has 0 N–H and O–H groups in total. The van der Waals surface area contributed by atoms with E-state index in [0.717, 1.165) is 32.1 Å². The van der Waals surface area contributed by atoms with Crippen molar-refractivity contribution >= 4 is 0 Å². The molecule has 4 unspecified atom stereocenters. The molecule has 0 amide bonds. The lowest BCUT2D eigenvalue weighted by Crippen LogP contribution is -2.32. The average molecular weight is 433 g/mol. The normalized spacial score (nSPS) is 22.9. The molecule has 1 fully saturated rings. The van der Waals surface area contributed by atoms with E-state index in [-0.39, 0.29) is 17.8 Å². The molecule has 1 aliphatic rings. The lowest BCUT2D eigenvalue weighted by molar-refractivity contribution is -0.0920. The fourth-order valence-corrected chi connectivity index (χ4v) is 3.43. The third-order valence-electron chi connectivity index (χ3n) is 5.56. The first-order valence-electron chi connectivity index (χ1n) is 11.8. The molecule has 0 aromatic carbocycles. The van der Waals surface area contributed by atoms with Gasteiger partial charge in [0.15, 0.2) is 11.7 Å². The number of ether oxygens (including phenoxy) is 3. The lowest BCUT2D eigenvalue weighted by Gasteiger charge is -2.29. The van der Waals surface area contributed by atoms with Gasteiger partial charge in [0, 0.05) is 6.61 Å². The van der Waals surface area contributed by atoms with Gasteiger partial charge in [-0.25, -0.2) is 8.78 Å². The Labute approximate surface area is 184 Å². The number of halogens is 2. The summed E-state index contributed by atoms with van der Waals surface area (Å²) in [6.45, 7) is 15.2. The molecule has 0 saturated carbocycles. The lowest BCUT2D eigenvalue weighted by atomic mass is 9.90. The van der Waals surface area contributed by atoms with Crippen LogP contribution in [0.15, 0.2) is 23.0 Å². The van der Waals surface area contributed by atoms with Crippen LogP contribution in [-0.2, 0) is 14.2 Å². The van der Waals surface area contributed by atoms with Gasteiger partial charge in [-0.3, -0.25) is 0 Å². The zero-order valence-corrected chi connectivity index (χ0v) is 20.7. The minimum Gasteiger partial charge on any atom is -0.498 e. The Balaban J connectivity index is 0.00000263. The number of hydrogen-bond acceptors (Lipinski definition) is 3. The van der Waals surface area contributed by atoms with Gasteiger partial charge in [0.2, 0.25) is 0 Å². The van der Waals surface area contributed by atoms with Crippen molar-refractivity contribution in [2.75, 3.05) is 20.3 Å². The topological polar surface area (TPSA) is 27.7 Å². The molecule has 0 spiro atoms. The summed E-state index contributed by atoms with van der Waals surface area (Å²) in [5.74, 6) is -1.32. The largest absolute Gasteiger partial charge is 0.498 e. The van der Waals surface area contributed by atoms with E-state index in [4.69, 9.17) is 14.2 Å². The first-order valence-corrected chi connectivity index (χ1v) is 11.8. The van der Waals surface area contributed by atoms with Gasteiger partial charge in [-0.05, 0) is 62.9 Å². The molecule has 1 heterocycles. The van der Waals surface area contributed by atoms with Gasteiger partial charge in [0.05, 0.1) is 25.9 Å². The summed E-state index contributed by atoms with van der Waals surface area (Å²) in [5, 5.41) is 0. The van der Waals surface area contributed by atoms with Gasteiger partial charge < -0.3 is 14.2 Å². The number of hydrogen-bond donors (Lipinski definition) is 0. The standard InChI is InChI=1S/C22H38F2O3.C3H8/c1-7-18-11-12-19(14-27-18)26-13-15(3)9-10-16(4)20(8-2)22(24)21(23)17(5)25-6;1-3-2/h15-16,18-19H,7-14H2,1-6H3;3H2,1-2H3/b21-17-,22-20-;. The Morgan fingerprint density at radius 2 is 1.67 bits per heavy atom. The molecule has 1 aliphatic heterocycles. The number of rotatable bonds is 11. The second kappa shape index (κ2) is 16.7. The molecular weight excluding hydrogens is 386 g/mol. The molecule has 4 atom stereocenters. The monoisotopic (exact) mass is 432 g/mol. The summed E-state index contributed by atoms with van der Waals surface area (Å²) in [4.78, 5) is 0. The second-order valence-corrected chi connectivity index (χ2v) is 8.45. The fraction of sp³-hybridized carbons (Fsp3) is 0.840. The third-order valence-corrected chi connectivity index (χ3v) is 5.56. The molecular formula is C25H46F2O3. The predicted molar refractivity (Wildman–Crippen MR) is 122 cm³/mol. The van der Waals surface area contributed by atoms with Crippen LogP contribution in [0.1, 0.15) is 93.4 Å². The van der Waals surface area contributed by atoms with Crippen LogP contribution >= 0.6 is 0 Å². The van der Waals surface area contributed by atoms with E-state index in [1.807, 2.05) is 13.8 Å². The Kier molecular flexibility index (Phi) is 16.2. The highest BCUT2D eigenvalue weighted by atomic mass is 19.2. The Bertz CT molecular complexity index is 509. The minimum atomic E-state index is -0.889. The van der Waals surface area contributed by atoms with Crippen molar-refractivity contribution < 1.29 is 23.0 Å². The summed E-state index contributed by atoms with van der Waals surface area (Å²) in [6.07, 6.45) is 7.21. The van der Waals surface area contributed by atoms with Crippen molar-refractivity contribution in [1.82, 2.24) is 0 Å². The minimum absolute atomic E-state index is 0.0174. The van der Waals surface area contributed by atoms with Gasteiger partial charge in [-0.2, -0.15) is 0 Å². The highest BCUT2D eigenvalue weighted by molar-refractivity contribution is 5.28. The first-order chi connectivity index (χ1) is 14.2. The quantitative estimate of drug-likeness (QED) is 0.245. The summed E-state index contributed by atoms with van der Waals surface area (Å²) < 4.78 is 45.1. The summed E-state index contributed by atoms with van der Waals surface area (Å²) >= 11 is 0. The molecule has 1 saturated heterocycles. The zero-order chi connectivity index (χ0) is 23.1. The maximum Gasteiger partial charge on any atom is 0.195 e. The van der Waals surface area contributed by atoms with Crippen LogP contribution in [0.3, 0.4) is 0 Å². The van der Waals surface area contributed by atoms with Gasteiger partial charge in [0.25, 0.3) is 0 Å². The second-order valence-electron chi connectivity index (χ2n) is 8.45. The van der Waals surface area contributed by atoms with Crippen LogP contribution in [0.5, 0.6) is 0 Å². The van der Waals surface area contributed by atoms with Crippen molar-refractivity contribution in [1.29, 1.82) is 0 Å². The fourth-order valence-electron chi connectivity index (χ4n) is 3.43. The van der Waals surface area contributed by atoms with Crippen LogP contribution in [0.25, 0.3) is 0 Å². The van der Waals surface area contributed by atoms with Crippen LogP contribution in [0, 0.1) is 11.8 Å². The van der Waals surface area contributed by atoms with Gasteiger partial charge >= 0.3 is 0 Å². The first kappa shape index (κ1) is 29.1. The number of allylic oxidation sites excluding steroid dienone is 4. The predicted octanol–water partition coefficient (Wildman–Crippen LogP) is 7.91. The molecule has 178 valence electrons. The van der Waals surface area contributed by atoms with Gasteiger partial charge in [0.1, 0.15) is 5.76 Å². The molecule has 1 rings (SSSR count). The maximum atomic E-state index is 14.5. The van der Waals surface area contributed by atoms with E-state index in [1.165, 1.54) is 20.5 Å². The SMILES string of the molecule is CC/C(=C(F)\C(F)=C(/C)OC)C(C)CCC(C)COC1CCC(CC)OC1.CCC. The maximum absolute atomic E-state index is 14.5. The smallest absolute Gasteiger partial charge is 0.195 e. The molecule has 0 radical (unpaired) electrons. The zero-order valence-electron chi connectivity index (χ0n) is 20.7. The molecule has 30 heavy (non-hydrogen) atoms. The average Bonchev–Trinajstić information content (AvgIpc) is 2.76. The molecule has 0 aromatic rings. The van der Waals surface area contributed by atoms with Crippen molar-refractivity contribution in [3.05, 3.63) is 23.0 Å². The van der Waals surface area contributed by atoms with E-state index in [1.54, 1.807) is 0 Å². The molecule has 5 heteroatoms. The summed E-state index contributed by atoms with van der Waals surface area (Å²) in [7, 11) is 1.35. The van der Waals surface area contributed by atoms with Crippen LogP contribution in [0.4, 0.5) is 8.78 Å². The van der Waals surface area contributed by atoms with E-state index in [0.29, 0.717) is 37.2 Å². The van der Waals surface area contributed by atoms with E-state index in [9.17, 15) is 8.78 Å². The molecule has 0 aromatic heterocycles. The van der Waals surface area contributed by atoms with Crippen LogP contribution in [0.2, 0.25) is 0 Å². The molecule has 0 bridgehead atoms. The van der Waals surface area contributed by atoms with E-state index < -0.39 is 11.7 Å². The number of methoxy groups -OCH3 is 1. The van der Waals surface area contributed by atoms with E-state index >= 15 is 0 Å². The van der Waals surface area contributed by atoms with Gasteiger partial charge in [-0.1, -0.05) is 48.0 Å². The Morgan fingerprint density at radius 1 is 1.03 bits per heavy atom. The van der Waals surface area contributed by atoms with Crippen LogP contribution in [-0.4, -0.2) is 32.5 Å². The van der Waals surface area contributed by atoms with Crippen LogP contribution < -0.4 is 0 Å². The van der Waals surface area contributed by atoms with Crippen molar-refractivity contribution in [2.45, 2.75) is 106 Å². The Morgan fingerprint density at radius 3 is 2.13 bits per heavy atom. The van der Waals surface area contributed by atoms with E-state index in [2.05, 4.69) is 27.7 Å². The summed E-state index contributed by atoms with van der Waals surface area (Å²) in [5.41, 5.74) is 0.517. The van der Waals surface area contributed by atoms with Crippen molar-refractivity contribution in [3.63, 3.8) is 0 Å².